The number of guanidine groups is 1. The fourth-order valence-corrected chi connectivity index (χ4v) is 1.97. The summed E-state index contributed by atoms with van der Waals surface area (Å²) in [5.74, 6) is 0.779. The quantitative estimate of drug-likeness (QED) is 0.645. The Hall–Kier alpha value is -2.30. The van der Waals surface area contributed by atoms with Crippen LogP contribution in [0.25, 0.3) is 11.1 Å². The molecule has 0 saturated heterocycles. The molecule has 0 spiro atoms. The number of nitrogens with zero attached hydrogens (tertiary/aromatic N) is 3. The Morgan fingerprint density at radius 1 is 1.37 bits per heavy atom. The molecule has 0 radical (unpaired) electrons. The first-order valence-electron chi connectivity index (χ1n) is 6.20. The van der Waals surface area contributed by atoms with Crippen LogP contribution in [0.4, 0.5) is 0 Å². The van der Waals surface area contributed by atoms with Crippen molar-refractivity contribution in [1.82, 2.24) is 20.4 Å². The minimum Gasteiger partial charge on any atom is -0.359 e. The van der Waals surface area contributed by atoms with Crippen LogP contribution in [0.15, 0.2) is 41.7 Å². The molecule has 1 aromatic heterocycles. The number of aliphatic imine (C=N–C) groups is 1. The van der Waals surface area contributed by atoms with Gasteiger partial charge >= 0.3 is 0 Å². The third-order valence-corrected chi connectivity index (χ3v) is 2.94. The van der Waals surface area contributed by atoms with Crippen LogP contribution >= 0.6 is 0 Å². The van der Waals surface area contributed by atoms with Crippen molar-refractivity contribution in [3.63, 3.8) is 0 Å². The van der Waals surface area contributed by atoms with Gasteiger partial charge in [-0.05, 0) is 11.1 Å². The van der Waals surface area contributed by atoms with Gasteiger partial charge in [0.25, 0.3) is 0 Å². The lowest BCUT2D eigenvalue weighted by molar-refractivity contribution is 0.768. The Labute approximate surface area is 113 Å². The summed E-state index contributed by atoms with van der Waals surface area (Å²) in [6.45, 7) is 0.721. The van der Waals surface area contributed by atoms with Gasteiger partial charge in [-0.2, -0.15) is 5.10 Å². The molecular weight excluding hydrogens is 238 g/mol. The third-order valence-electron chi connectivity index (χ3n) is 2.94. The van der Waals surface area contributed by atoms with E-state index in [1.54, 1.807) is 7.05 Å². The van der Waals surface area contributed by atoms with Crippen LogP contribution in [0.5, 0.6) is 0 Å². The zero-order valence-electron chi connectivity index (χ0n) is 11.5. The molecule has 0 atom stereocenters. The number of hydrogen-bond acceptors (Lipinski definition) is 2. The second-order valence-electron chi connectivity index (χ2n) is 4.24. The molecular formula is C14H19N5. The molecule has 0 amide bonds. The highest BCUT2D eigenvalue weighted by molar-refractivity contribution is 5.79. The number of aromatic nitrogens is 2. The van der Waals surface area contributed by atoms with E-state index < -0.39 is 0 Å². The maximum absolute atomic E-state index is 4.22. The van der Waals surface area contributed by atoms with E-state index in [0.29, 0.717) is 0 Å². The van der Waals surface area contributed by atoms with Gasteiger partial charge in [-0.15, -0.1) is 0 Å². The van der Waals surface area contributed by atoms with Crippen LogP contribution in [0.1, 0.15) is 5.56 Å². The minimum absolute atomic E-state index is 0.721. The Morgan fingerprint density at radius 3 is 2.79 bits per heavy atom. The lowest BCUT2D eigenvalue weighted by Gasteiger charge is -2.11. The fourth-order valence-electron chi connectivity index (χ4n) is 1.97. The number of aryl methyl sites for hydroxylation is 1. The third kappa shape index (κ3) is 3.13. The Balaban J connectivity index is 2.22. The predicted molar refractivity (Wildman–Crippen MR) is 77.9 cm³/mol. The maximum Gasteiger partial charge on any atom is 0.190 e. The van der Waals surface area contributed by atoms with Crippen LogP contribution in [-0.4, -0.2) is 29.8 Å². The summed E-state index contributed by atoms with van der Waals surface area (Å²) >= 11 is 0. The molecule has 2 N–H and O–H groups in total. The van der Waals surface area contributed by atoms with Crippen LogP contribution in [0.2, 0.25) is 0 Å². The Morgan fingerprint density at radius 2 is 2.16 bits per heavy atom. The molecule has 0 aliphatic heterocycles. The topological polar surface area (TPSA) is 54.2 Å². The highest BCUT2D eigenvalue weighted by atomic mass is 15.2. The van der Waals surface area contributed by atoms with E-state index in [4.69, 9.17) is 0 Å². The van der Waals surface area contributed by atoms with Gasteiger partial charge in [0, 0.05) is 39.4 Å². The molecule has 0 fully saturated rings. The molecule has 1 aromatic carbocycles. The van der Waals surface area contributed by atoms with Crippen molar-refractivity contribution in [3.05, 3.63) is 42.2 Å². The first-order valence-corrected chi connectivity index (χ1v) is 6.20. The molecule has 5 heteroatoms. The van der Waals surface area contributed by atoms with Crippen molar-refractivity contribution < 1.29 is 0 Å². The average Bonchev–Trinajstić information content (AvgIpc) is 2.87. The highest BCUT2D eigenvalue weighted by Crippen LogP contribution is 2.22. The monoisotopic (exact) mass is 257 g/mol. The van der Waals surface area contributed by atoms with Gasteiger partial charge in [0.05, 0.1) is 6.20 Å². The predicted octanol–water partition coefficient (Wildman–Crippen LogP) is 1.38. The van der Waals surface area contributed by atoms with E-state index >= 15 is 0 Å². The van der Waals surface area contributed by atoms with Gasteiger partial charge in [-0.3, -0.25) is 9.67 Å². The van der Waals surface area contributed by atoms with Crippen molar-refractivity contribution in [1.29, 1.82) is 0 Å². The summed E-state index contributed by atoms with van der Waals surface area (Å²) in [6.07, 6.45) is 3.90. The lowest BCUT2D eigenvalue weighted by Crippen LogP contribution is -2.34. The van der Waals surface area contributed by atoms with Gasteiger partial charge in [0.2, 0.25) is 0 Å². The average molecular weight is 257 g/mol. The van der Waals surface area contributed by atoms with E-state index in [-0.39, 0.29) is 0 Å². The second kappa shape index (κ2) is 6.04. The zero-order valence-corrected chi connectivity index (χ0v) is 11.5. The number of hydrogen-bond donors (Lipinski definition) is 2. The van der Waals surface area contributed by atoms with Crippen molar-refractivity contribution in [2.75, 3.05) is 14.1 Å². The minimum atomic E-state index is 0.721. The largest absolute Gasteiger partial charge is 0.359 e. The van der Waals surface area contributed by atoms with Crippen LogP contribution in [0, 0.1) is 0 Å². The molecule has 0 saturated carbocycles. The first kappa shape index (κ1) is 13.1. The number of nitrogens with one attached hydrogen (secondary N) is 2. The molecule has 0 aliphatic rings. The van der Waals surface area contributed by atoms with Gasteiger partial charge < -0.3 is 10.6 Å². The summed E-state index contributed by atoms with van der Waals surface area (Å²) in [5, 5.41) is 10.5. The van der Waals surface area contributed by atoms with E-state index in [9.17, 15) is 0 Å². The van der Waals surface area contributed by atoms with Crippen LogP contribution in [0.3, 0.4) is 0 Å². The molecule has 2 rings (SSSR count). The molecule has 100 valence electrons. The zero-order chi connectivity index (χ0) is 13.7. The van der Waals surface area contributed by atoms with E-state index in [2.05, 4.69) is 32.9 Å². The molecule has 0 aliphatic carbocycles. The maximum atomic E-state index is 4.22. The fraction of sp³-hybridized carbons (Fsp3) is 0.286. The van der Waals surface area contributed by atoms with Gasteiger partial charge in [-0.25, -0.2) is 0 Å². The highest BCUT2D eigenvalue weighted by Gasteiger charge is 2.06. The Bertz CT molecular complexity index is 571. The molecule has 19 heavy (non-hydrogen) atoms. The number of benzene rings is 1. The summed E-state index contributed by atoms with van der Waals surface area (Å²) in [6, 6.07) is 8.30. The molecule has 5 nitrogen and oxygen atoms in total. The van der Waals surface area contributed by atoms with Crippen molar-refractivity contribution in [2.24, 2.45) is 12.0 Å². The standard InChI is InChI=1S/C14H19N5/c1-15-14(16-2)17-8-11-6-4-5-7-13(11)12-9-18-19(3)10-12/h4-7,9-10H,8H2,1-3H3,(H2,15,16,17). The van der Waals surface area contributed by atoms with E-state index in [1.165, 1.54) is 11.1 Å². The SMILES string of the molecule is CN=C(NC)NCc1ccccc1-c1cnn(C)c1. The normalized spacial score (nSPS) is 11.4. The Kier molecular flexibility index (Phi) is 4.18. The summed E-state index contributed by atoms with van der Waals surface area (Å²) < 4.78 is 1.81. The van der Waals surface area contributed by atoms with E-state index in [0.717, 1.165) is 18.1 Å². The van der Waals surface area contributed by atoms with Crippen LogP contribution < -0.4 is 10.6 Å². The van der Waals surface area contributed by atoms with E-state index in [1.807, 2.05) is 43.3 Å². The molecule has 2 aromatic rings. The van der Waals surface area contributed by atoms with Gasteiger partial charge in [-0.1, -0.05) is 24.3 Å². The molecule has 0 bridgehead atoms. The lowest BCUT2D eigenvalue weighted by atomic mass is 10.0. The summed E-state index contributed by atoms with van der Waals surface area (Å²) in [7, 11) is 5.53. The molecule has 0 unspecified atom stereocenters. The van der Waals surface area contributed by atoms with Crippen LogP contribution in [-0.2, 0) is 13.6 Å². The summed E-state index contributed by atoms with van der Waals surface area (Å²) in [4.78, 5) is 4.11. The van der Waals surface area contributed by atoms with Crippen molar-refractivity contribution in [2.45, 2.75) is 6.54 Å². The smallest absolute Gasteiger partial charge is 0.190 e. The van der Waals surface area contributed by atoms with Crippen molar-refractivity contribution in [3.8, 4) is 11.1 Å². The van der Waals surface area contributed by atoms with Crippen molar-refractivity contribution >= 4 is 5.96 Å². The summed E-state index contributed by atoms with van der Waals surface area (Å²) in [5.41, 5.74) is 3.53. The second-order valence-corrected chi connectivity index (χ2v) is 4.24. The molecule has 1 heterocycles. The number of rotatable bonds is 3. The van der Waals surface area contributed by atoms with Gasteiger partial charge in [0.1, 0.15) is 0 Å². The first-order chi connectivity index (χ1) is 9.24. The van der Waals surface area contributed by atoms with Gasteiger partial charge in [0.15, 0.2) is 5.96 Å².